The van der Waals surface area contributed by atoms with Crippen LogP contribution in [0.5, 0.6) is 11.5 Å². The Morgan fingerprint density at radius 1 is 0.950 bits per heavy atom. The molecular weight excluding hydrogens is 256 g/mol. The zero-order valence-corrected chi connectivity index (χ0v) is 12.0. The topological polar surface area (TPSA) is 64.5 Å². The molecule has 1 atom stereocenters. The molecule has 0 radical (unpaired) electrons. The molecule has 1 aromatic heterocycles. The summed E-state index contributed by atoms with van der Waals surface area (Å²) in [7, 11) is 3.16. The molecule has 0 fully saturated rings. The Balaban J connectivity index is 2.46. The van der Waals surface area contributed by atoms with Crippen LogP contribution >= 0.6 is 0 Å². The maximum Gasteiger partial charge on any atom is 0.122 e. The van der Waals surface area contributed by atoms with Crippen LogP contribution in [0.15, 0.2) is 24.3 Å². The second kappa shape index (κ2) is 5.88. The number of rotatable bonds is 4. The molecule has 2 rings (SSSR count). The zero-order chi connectivity index (χ0) is 14.7. The van der Waals surface area contributed by atoms with Gasteiger partial charge in [0.25, 0.3) is 0 Å². The molecule has 5 nitrogen and oxygen atoms in total. The van der Waals surface area contributed by atoms with Gasteiger partial charge in [-0.2, -0.15) is 10.2 Å². The van der Waals surface area contributed by atoms with Crippen LogP contribution in [-0.4, -0.2) is 29.5 Å². The lowest BCUT2D eigenvalue weighted by Gasteiger charge is -2.16. The first-order valence-corrected chi connectivity index (χ1v) is 6.27. The van der Waals surface area contributed by atoms with Crippen molar-refractivity contribution >= 4 is 0 Å². The summed E-state index contributed by atoms with van der Waals surface area (Å²) in [6.45, 7) is 3.66. The van der Waals surface area contributed by atoms with Crippen molar-refractivity contribution in [2.24, 2.45) is 0 Å². The Bertz CT molecular complexity index is 592. The molecule has 1 unspecified atom stereocenters. The van der Waals surface area contributed by atoms with Crippen LogP contribution in [0.1, 0.15) is 28.6 Å². The Hall–Kier alpha value is -2.14. The van der Waals surface area contributed by atoms with Gasteiger partial charge in [-0.3, -0.25) is 0 Å². The van der Waals surface area contributed by atoms with Crippen LogP contribution < -0.4 is 9.47 Å². The van der Waals surface area contributed by atoms with E-state index in [4.69, 9.17) is 9.47 Å². The molecule has 1 heterocycles. The Morgan fingerprint density at radius 3 is 2.10 bits per heavy atom. The van der Waals surface area contributed by atoms with Crippen molar-refractivity contribution in [2.45, 2.75) is 20.0 Å². The Kier molecular flexibility index (Phi) is 4.20. The smallest absolute Gasteiger partial charge is 0.122 e. The normalized spacial score (nSPS) is 12.1. The SMILES string of the molecule is COc1cc(OC)cc(C(O)c2cc(C)nnc2C)c1. The van der Waals surface area contributed by atoms with Gasteiger partial charge in [0.05, 0.1) is 25.6 Å². The Morgan fingerprint density at radius 2 is 1.55 bits per heavy atom. The van der Waals surface area contributed by atoms with Crippen molar-refractivity contribution in [2.75, 3.05) is 14.2 Å². The van der Waals surface area contributed by atoms with E-state index in [0.29, 0.717) is 22.8 Å². The second-order valence-electron chi connectivity index (χ2n) is 4.58. The summed E-state index contributed by atoms with van der Waals surface area (Å²) in [6, 6.07) is 7.16. The van der Waals surface area contributed by atoms with Crippen LogP contribution in [0.2, 0.25) is 0 Å². The quantitative estimate of drug-likeness (QED) is 0.926. The number of benzene rings is 1. The second-order valence-corrected chi connectivity index (χ2v) is 4.58. The van der Waals surface area contributed by atoms with Crippen LogP contribution in [0.3, 0.4) is 0 Å². The molecule has 0 saturated carbocycles. The molecule has 0 aliphatic rings. The van der Waals surface area contributed by atoms with Crippen LogP contribution in [0.4, 0.5) is 0 Å². The number of hydrogen-bond acceptors (Lipinski definition) is 5. The number of methoxy groups -OCH3 is 2. The van der Waals surface area contributed by atoms with Crippen molar-refractivity contribution in [1.29, 1.82) is 0 Å². The van der Waals surface area contributed by atoms with Gasteiger partial charge in [-0.25, -0.2) is 0 Å². The number of aromatic nitrogens is 2. The minimum absolute atomic E-state index is 0.634. The van der Waals surface area contributed by atoms with Crippen LogP contribution in [-0.2, 0) is 0 Å². The van der Waals surface area contributed by atoms with Crippen LogP contribution in [0, 0.1) is 13.8 Å². The Labute approximate surface area is 118 Å². The monoisotopic (exact) mass is 274 g/mol. The van der Waals surface area contributed by atoms with Gasteiger partial charge < -0.3 is 14.6 Å². The molecule has 0 aliphatic carbocycles. The van der Waals surface area contributed by atoms with E-state index >= 15 is 0 Å². The standard InChI is InChI=1S/C15H18N2O3/c1-9-5-14(10(2)17-16-9)15(18)11-6-12(19-3)8-13(7-11)20-4/h5-8,15,18H,1-4H3. The van der Waals surface area contributed by atoms with Gasteiger partial charge in [0, 0.05) is 11.6 Å². The number of aliphatic hydroxyl groups is 1. The largest absolute Gasteiger partial charge is 0.497 e. The van der Waals surface area contributed by atoms with E-state index in [-0.39, 0.29) is 0 Å². The minimum Gasteiger partial charge on any atom is -0.497 e. The average Bonchev–Trinajstić information content (AvgIpc) is 2.48. The molecule has 0 spiro atoms. The molecule has 5 heteroatoms. The van der Waals surface area contributed by atoms with E-state index < -0.39 is 6.10 Å². The van der Waals surface area contributed by atoms with Gasteiger partial charge in [0.2, 0.25) is 0 Å². The van der Waals surface area contributed by atoms with Crippen LogP contribution in [0.25, 0.3) is 0 Å². The molecule has 0 amide bonds. The lowest BCUT2D eigenvalue weighted by Crippen LogP contribution is -2.06. The van der Waals surface area contributed by atoms with Gasteiger partial charge in [0.15, 0.2) is 0 Å². The molecule has 20 heavy (non-hydrogen) atoms. The summed E-state index contributed by atoms with van der Waals surface area (Å²) < 4.78 is 10.4. The molecule has 1 aromatic carbocycles. The summed E-state index contributed by atoms with van der Waals surface area (Å²) >= 11 is 0. The minimum atomic E-state index is -0.798. The first-order chi connectivity index (χ1) is 9.55. The first kappa shape index (κ1) is 14.3. The summed E-state index contributed by atoms with van der Waals surface area (Å²) in [5.74, 6) is 1.27. The highest BCUT2D eigenvalue weighted by Gasteiger charge is 2.16. The van der Waals surface area contributed by atoms with E-state index in [1.165, 1.54) is 0 Å². The highest BCUT2D eigenvalue weighted by molar-refractivity contribution is 5.42. The number of hydrogen-bond donors (Lipinski definition) is 1. The van der Waals surface area contributed by atoms with Crippen molar-refractivity contribution in [3.05, 3.63) is 46.8 Å². The lowest BCUT2D eigenvalue weighted by molar-refractivity contribution is 0.217. The van der Waals surface area contributed by atoms with Gasteiger partial charge in [-0.15, -0.1) is 0 Å². The lowest BCUT2D eigenvalue weighted by atomic mass is 10.00. The third-order valence-electron chi connectivity index (χ3n) is 3.12. The van der Waals surface area contributed by atoms with Gasteiger partial charge in [0.1, 0.15) is 17.6 Å². The van der Waals surface area contributed by atoms with Crippen molar-refractivity contribution in [3.8, 4) is 11.5 Å². The maximum absolute atomic E-state index is 10.6. The fraction of sp³-hybridized carbons (Fsp3) is 0.333. The first-order valence-electron chi connectivity index (χ1n) is 6.27. The number of ether oxygens (including phenoxy) is 2. The number of aryl methyl sites for hydroxylation is 2. The van der Waals surface area contributed by atoms with Gasteiger partial charge >= 0.3 is 0 Å². The van der Waals surface area contributed by atoms with Crippen molar-refractivity contribution in [1.82, 2.24) is 10.2 Å². The fourth-order valence-electron chi connectivity index (χ4n) is 2.01. The third kappa shape index (κ3) is 2.88. The van der Waals surface area contributed by atoms with E-state index in [2.05, 4.69) is 10.2 Å². The predicted molar refractivity (Wildman–Crippen MR) is 75.1 cm³/mol. The van der Waals surface area contributed by atoms with Crippen molar-refractivity contribution in [3.63, 3.8) is 0 Å². The van der Waals surface area contributed by atoms with E-state index in [1.54, 1.807) is 32.4 Å². The zero-order valence-electron chi connectivity index (χ0n) is 12.0. The molecular formula is C15H18N2O3. The van der Waals surface area contributed by atoms with E-state index in [9.17, 15) is 5.11 Å². The predicted octanol–water partition coefficient (Wildman–Crippen LogP) is 2.19. The molecule has 2 aromatic rings. The van der Waals surface area contributed by atoms with Gasteiger partial charge in [-0.1, -0.05) is 0 Å². The summed E-state index contributed by atoms with van der Waals surface area (Å²) in [5, 5.41) is 18.6. The highest BCUT2D eigenvalue weighted by Crippen LogP contribution is 2.30. The maximum atomic E-state index is 10.6. The highest BCUT2D eigenvalue weighted by atomic mass is 16.5. The molecule has 1 N–H and O–H groups in total. The fourth-order valence-corrected chi connectivity index (χ4v) is 2.01. The van der Waals surface area contributed by atoms with Gasteiger partial charge in [-0.05, 0) is 37.6 Å². The summed E-state index contributed by atoms with van der Waals surface area (Å²) in [5.41, 5.74) is 2.88. The van der Waals surface area contributed by atoms with E-state index in [0.717, 1.165) is 11.3 Å². The molecule has 106 valence electrons. The molecule has 0 bridgehead atoms. The third-order valence-corrected chi connectivity index (χ3v) is 3.12. The molecule has 0 aliphatic heterocycles. The van der Waals surface area contributed by atoms with Crippen molar-refractivity contribution < 1.29 is 14.6 Å². The number of aliphatic hydroxyl groups excluding tert-OH is 1. The summed E-state index contributed by atoms with van der Waals surface area (Å²) in [4.78, 5) is 0. The molecule has 0 saturated heterocycles. The average molecular weight is 274 g/mol. The summed E-state index contributed by atoms with van der Waals surface area (Å²) in [6.07, 6.45) is -0.798. The number of nitrogens with zero attached hydrogens (tertiary/aromatic N) is 2. The van der Waals surface area contributed by atoms with E-state index in [1.807, 2.05) is 19.9 Å².